The van der Waals surface area contributed by atoms with Crippen LogP contribution in [0.15, 0.2) is 59.4 Å². The number of aryl methyl sites for hydroxylation is 1. The molecule has 4 aromatic rings. The lowest BCUT2D eigenvalue weighted by molar-refractivity contribution is -0.122. The van der Waals surface area contributed by atoms with Gasteiger partial charge in [-0.15, -0.1) is 0 Å². The molecule has 0 saturated carbocycles. The molecule has 8 nitrogen and oxygen atoms in total. The molecule has 1 aliphatic heterocycles. The van der Waals surface area contributed by atoms with E-state index in [0.29, 0.717) is 12.6 Å². The molecule has 1 fully saturated rings. The number of carbonyl (C=O) groups excluding carboxylic acids is 1. The zero-order chi connectivity index (χ0) is 20.5. The number of hydrogen-bond acceptors (Lipinski definition) is 6. The van der Waals surface area contributed by atoms with E-state index in [1.807, 2.05) is 54.5 Å². The number of fused-ring (bicyclic) bond motifs is 1. The number of aromatic nitrogens is 4. The maximum absolute atomic E-state index is 13.0. The van der Waals surface area contributed by atoms with Crippen molar-refractivity contribution in [3.63, 3.8) is 0 Å². The van der Waals surface area contributed by atoms with Gasteiger partial charge in [0.15, 0.2) is 5.58 Å². The first-order valence-corrected chi connectivity index (χ1v) is 10.0. The number of carbonyl (C=O) groups is 1. The van der Waals surface area contributed by atoms with Gasteiger partial charge in [-0.2, -0.15) is 10.1 Å². The molecule has 4 heterocycles. The summed E-state index contributed by atoms with van der Waals surface area (Å²) in [6, 6.07) is 11.7. The molecule has 1 atom stereocenters. The van der Waals surface area contributed by atoms with Gasteiger partial charge < -0.3 is 14.6 Å². The highest BCUT2D eigenvalue weighted by atomic mass is 16.4. The molecule has 0 aliphatic carbocycles. The zero-order valence-corrected chi connectivity index (χ0v) is 16.7. The van der Waals surface area contributed by atoms with Gasteiger partial charge in [-0.1, -0.05) is 18.2 Å². The van der Waals surface area contributed by atoms with E-state index >= 15 is 0 Å². The van der Waals surface area contributed by atoms with Crippen molar-refractivity contribution in [3.05, 3.63) is 60.6 Å². The highest BCUT2D eigenvalue weighted by Crippen LogP contribution is 2.28. The molecule has 1 N–H and O–H groups in total. The Morgan fingerprint density at radius 1 is 1.27 bits per heavy atom. The van der Waals surface area contributed by atoms with E-state index in [0.717, 1.165) is 47.3 Å². The van der Waals surface area contributed by atoms with E-state index in [2.05, 4.69) is 20.4 Å². The molecule has 0 radical (unpaired) electrons. The number of amides is 1. The summed E-state index contributed by atoms with van der Waals surface area (Å²) in [4.78, 5) is 24.0. The minimum absolute atomic E-state index is 0.0317. The van der Waals surface area contributed by atoms with Crippen LogP contribution in [0, 0.1) is 0 Å². The van der Waals surface area contributed by atoms with Crippen LogP contribution in [-0.2, 0) is 18.4 Å². The van der Waals surface area contributed by atoms with Gasteiger partial charge in [0.1, 0.15) is 11.6 Å². The van der Waals surface area contributed by atoms with Crippen molar-refractivity contribution in [3.8, 4) is 11.3 Å². The number of rotatable bonds is 5. The third-order valence-electron chi connectivity index (χ3n) is 5.41. The first kappa shape index (κ1) is 18.4. The summed E-state index contributed by atoms with van der Waals surface area (Å²) in [5.74, 6) is -0.0317. The number of hydrogen-bond donors (Lipinski definition) is 1. The molecule has 8 heteroatoms. The molecule has 0 bridgehead atoms. The summed E-state index contributed by atoms with van der Waals surface area (Å²) in [6.45, 7) is 1.15. The van der Waals surface area contributed by atoms with Crippen LogP contribution in [0.2, 0.25) is 0 Å². The van der Waals surface area contributed by atoms with Crippen LogP contribution in [0.25, 0.3) is 22.4 Å². The Balaban J connectivity index is 1.32. The maximum atomic E-state index is 13.0. The SMILES string of the molecule is Cn1cc(-c2ncccc2CNC(=O)C2CCCN2c2nc3ccccc3o2)cn1. The number of nitrogens with one attached hydrogen (secondary N) is 1. The Morgan fingerprint density at radius 2 is 2.17 bits per heavy atom. The lowest BCUT2D eigenvalue weighted by Crippen LogP contribution is -2.43. The summed E-state index contributed by atoms with van der Waals surface area (Å²) in [5.41, 5.74) is 4.24. The monoisotopic (exact) mass is 402 g/mol. The van der Waals surface area contributed by atoms with Gasteiger partial charge in [-0.3, -0.25) is 14.5 Å². The Kier molecular flexibility index (Phi) is 4.66. The van der Waals surface area contributed by atoms with Crippen LogP contribution in [0.1, 0.15) is 18.4 Å². The fourth-order valence-corrected chi connectivity index (χ4v) is 3.94. The molecule has 152 valence electrons. The van der Waals surface area contributed by atoms with Crippen molar-refractivity contribution < 1.29 is 9.21 Å². The third-order valence-corrected chi connectivity index (χ3v) is 5.41. The minimum Gasteiger partial charge on any atom is -0.423 e. The van der Waals surface area contributed by atoms with Crippen molar-refractivity contribution in [2.45, 2.75) is 25.4 Å². The summed E-state index contributed by atoms with van der Waals surface area (Å²) < 4.78 is 7.63. The highest BCUT2D eigenvalue weighted by molar-refractivity contribution is 5.86. The molecular formula is C22H22N6O2. The van der Waals surface area contributed by atoms with Crippen molar-refractivity contribution >= 4 is 23.0 Å². The van der Waals surface area contributed by atoms with Crippen molar-refractivity contribution in [2.24, 2.45) is 7.05 Å². The van der Waals surface area contributed by atoms with Gasteiger partial charge in [-0.25, -0.2) is 0 Å². The molecule has 3 aromatic heterocycles. The number of pyridine rings is 1. The van der Waals surface area contributed by atoms with Gasteiger partial charge in [-0.05, 0) is 36.6 Å². The second-order valence-corrected chi connectivity index (χ2v) is 7.45. The molecule has 1 amide bonds. The van der Waals surface area contributed by atoms with Crippen LogP contribution in [0.3, 0.4) is 0 Å². The molecule has 0 spiro atoms. The van der Waals surface area contributed by atoms with E-state index in [1.165, 1.54) is 0 Å². The average molecular weight is 402 g/mol. The fourth-order valence-electron chi connectivity index (χ4n) is 3.94. The Hall–Kier alpha value is -3.68. The first-order chi connectivity index (χ1) is 14.7. The third kappa shape index (κ3) is 3.41. The van der Waals surface area contributed by atoms with E-state index < -0.39 is 0 Å². The fraction of sp³-hybridized carbons (Fsp3) is 0.273. The predicted octanol–water partition coefficient (Wildman–Crippen LogP) is 2.91. The van der Waals surface area contributed by atoms with Crippen molar-refractivity contribution in [2.75, 3.05) is 11.4 Å². The van der Waals surface area contributed by atoms with Crippen LogP contribution < -0.4 is 10.2 Å². The van der Waals surface area contributed by atoms with E-state index in [-0.39, 0.29) is 11.9 Å². The summed E-state index contributed by atoms with van der Waals surface area (Å²) >= 11 is 0. The van der Waals surface area contributed by atoms with E-state index in [1.54, 1.807) is 17.1 Å². The van der Waals surface area contributed by atoms with E-state index in [4.69, 9.17) is 4.42 Å². The van der Waals surface area contributed by atoms with Crippen LogP contribution in [0.5, 0.6) is 0 Å². The van der Waals surface area contributed by atoms with Crippen molar-refractivity contribution in [1.29, 1.82) is 0 Å². The number of para-hydroxylation sites is 2. The zero-order valence-electron chi connectivity index (χ0n) is 16.7. The van der Waals surface area contributed by atoms with E-state index in [9.17, 15) is 4.79 Å². The molecule has 1 aromatic carbocycles. The Bertz CT molecular complexity index is 1160. The molecule has 1 aliphatic rings. The van der Waals surface area contributed by atoms with Gasteiger partial charge in [0.25, 0.3) is 6.01 Å². The lowest BCUT2D eigenvalue weighted by atomic mass is 10.1. The Labute approximate surface area is 173 Å². The molecule has 1 saturated heterocycles. The van der Waals surface area contributed by atoms with Crippen LogP contribution in [0.4, 0.5) is 6.01 Å². The predicted molar refractivity (Wildman–Crippen MR) is 113 cm³/mol. The standard InChI is InChI=1S/C22H22N6O2/c1-27-14-16(13-25-27)20-15(6-4-10-23-20)12-24-21(29)18-8-5-11-28(18)22-26-17-7-2-3-9-19(17)30-22/h2-4,6-7,9-10,13-14,18H,5,8,11-12H2,1H3,(H,24,29). The second kappa shape index (κ2) is 7.62. The number of anilines is 1. The van der Waals surface area contributed by atoms with Gasteiger partial charge in [0.2, 0.25) is 5.91 Å². The minimum atomic E-state index is -0.295. The lowest BCUT2D eigenvalue weighted by Gasteiger charge is -2.22. The normalized spacial score (nSPS) is 16.3. The van der Waals surface area contributed by atoms with Crippen LogP contribution in [-0.4, -0.2) is 38.2 Å². The van der Waals surface area contributed by atoms with Gasteiger partial charge in [0, 0.05) is 38.1 Å². The van der Waals surface area contributed by atoms with Crippen LogP contribution >= 0.6 is 0 Å². The first-order valence-electron chi connectivity index (χ1n) is 10.0. The smallest absolute Gasteiger partial charge is 0.299 e. The summed E-state index contributed by atoms with van der Waals surface area (Å²) in [6.07, 6.45) is 7.14. The topological polar surface area (TPSA) is 89.1 Å². The molecule has 5 rings (SSSR count). The summed E-state index contributed by atoms with van der Waals surface area (Å²) in [5, 5.41) is 7.29. The molecule has 1 unspecified atom stereocenters. The summed E-state index contributed by atoms with van der Waals surface area (Å²) in [7, 11) is 1.87. The largest absolute Gasteiger partial charge is 0.423 e. The molecular weight excluding hydrogens is 380 g/mol. The number of oxazole rings is 1. The highest BCUT2D eigenvalue weighted by Gasteiger charge is 2.33. The average Bonchev–Trinajstić information content (AvgIpc) is 3.50. The molecule has 30 heavy (non-hydrogen) atoms. The van der Waals surface area contributed by atoms with Gasteiger partial charge >= 0.3 is 0 Å². The number of benzene rings is 1. The maximum Gasteiger partial charge on any atom is 0.299 e. The second-order valence-electron chi connectivity index (χ2n) is 7.45. The quantitative estimate of drug-likeness (QED) is 0.552. The Morgan fingerprint density at radius 3 is 3.00 bits per heavy atom. The number of nitrogens with zero attached hydrogens (tertiary/aromatic N) is 5. The van der Waals surface area contributed by atoms with Crippen molar-refractivity contribution in [1.82, 2.24) is 25.1 Å². The van der Waals surface area contributed by atoms with Gasteiger partial charge in [0.05, 0.1) is 11.9 Å².